The van der Waals surface area contributed by atoms with Crippen molar-refractivity contribution in [1.29, 1.82) is 0 Å². The van der Waals surface area contributed by atoms with Crippen LogP contribution in [-0.2, 0) is 9.53 Å². The Morgan fingerprint density at radius 2 is 2.23 bits per heavy atom. The Kier molecular flexibility index (Phi) is 9.32. The van der Waals surface area contributed by atoms with Gasteiger partial charge >= 0.3 is 5.97 Å². The molecule has 0 aliphatic carbocycles. The molecule has 0 rings (SSSR count). The van der Waals surface area contributed by atoms with Crippen molar-refractivity contribution < 1.29 is 9.53 Å². The topological polar surface area (TPSA) is 26.3 Å². The van der Waals surface area contributed by atoms with Crippen LogP contribution in [0.3, 0.4) is 0 Å². The second kappa shape index (κ2) is 9.65. The highest BCUT2D eigenvalue weighted by atomic mass is 32.2. The fourth-order valence-electron chi connectivity index (χ4n) is 0.776. The highest BCUT2D eigenvalue weighted by Crippen LogP contribution is 2.06. The molecule has 0 spiro atoms. The predicted octanol–water partition coefficient (Wildman–Crippen LogP) is 2.99. The van der Waals surface area contributed by atoms with Crippen molar-refractivity contribution >= 4 is 17.7 Å². The summed E-state index contributed by atoms with van der Waals surface area (Å²) in [5, 5.41) is 2.00. The van der Waals surface area contributed by atoms with Gasteiger partial charge in [-0.25, -0.2) is 0 Å². The maximum atomic E-state index is 10.4. The van der Waals surface area contributed by atoms with Crippen molar-refractivity contribution in [2.75, 3.05) is 12.4 Å². The van der Waals surface area contributed by atoms with Crippen molar-refractivity contribution in [1.82, 2.24) is 0 Å². The van der Waals surface area contributed by atoms with Crippen molar-refractivity contribution in [2.24, 2.45) is 0 Å². The first-order valence-corrected chi connectivity index (χ1v) is 5.72. The third-order valence-electron chi connectivity index (χ3n) is 1.44. The van der Waals surface area contributed by atoms with Crippen LogP contribution >= 0.6 is 11.8 Å². The minimum Gasteiger partial charge on any atom is -0.462 e. The molecular weight excluding hydrogens is 184 g/mol. The fraction of sp³-hybridized carbons (Fsp3) is 0.700. The molecule has 3 heteroatoms. The summed E-state index contributed by atoms with van der Waals surface area (Å²) in [6.45, 7) is 4.01. The van der Waals surface area contributed by atoms with Gasteiger partial charge in [-0.1, -0.05) is 19.8 Å². The summed E-state index contributed by atoms with van der Waals surface area (Å²) >= 11 is 1.77. The first-order valence-electron chi connectivity index (χ1n) is 4.67. The molecule has 0 heterocycles. The number of esters is 1. The lowest BCUT2D eigenvalue weighted by Gasteiger charge is -1.95. The van der Waals surface area contributed by atoms with Gasteiger partial charge in [0.25, 0.3) is 0 Å². The first-order chi connectivity index (χ1) is 6.27. The van der Waals surface area contributed by atoms with Gasteiger partial charge in [0.15, 0.2) is 0 Å². The summed E-state index contributed by atoms with van der Waals surface area (Å²) in [5.74, 6) is 0.936. The Bertz CT molecular complexity index is 155. The second-order valence-electron chi connectivity index (χ2n) is 2.75. The molecule has 0 N–H and O–H groups in total. The number of unbranched alkanes of at least 4 members (excludes halogenated alkanes) is 2. The van der Waals surface area contributed by atoms with E-state index in [0.29, 0.717) is 6.61 Å². The van der Waals surface area contributed by atoms with Crippen molar-refractivity contribution in [3.05, 3.63) is 11.5 Å². The Morgan fingerprint density at radius 1 is 1.46 bits per heavy atom. The number of rotatable bonds is 7. The lowest BCUT2D eigenvalue weighted by Crippen LogP contribution is -1.96. The third kappa shape index (κ3) is 11.6. The summed E-state index contributed by atoms with van der Waals surface area (Å²) in [5.41, 5.74) is 0. The molecule has 0 aromatic rings. The molecule has 0 aliphatic rings. The van der Waals surface area contributed by atoms with E-state index in [1.807, 2.05) is 11.5 Å². The minimum absolute atomic E-state index is 0.222. The zero-order valence-corrected chi connectivity index (χ0v) is 9.23. The minimum atomic E-state index is -0.222. The van der Waals surface area contributed by atoms with Gasteiger partial charge in [0.2, 0.25) is 0 Å². The van der Waals surface area contributed by atoms with E-state index >= 15 is 0 Å². The summed E-state index contributed by atoms with van der Waals surface area (Å²) in [6, 6.07) is 0. The van der Waals surface area contributed by atoms with E-state index in [1.165, 1.54) is 26.2 Å². The highest BCUT2D eigenvalue weighted by molar-refractivity contribution is 8.02. The van der Waals surface area contributed by atoms with Crippen LogP contribution < -0.4 is 0 Å². The first kappa shape index (κ1) is 12.6. The molecule has 0 radical (unpaired) electrons. The van der Waals surface area contributed by atoms with E-state index in [9.17, 15) is 4.79 Å². The van der Waals surface area contributed by atoms with Gasteiger partial charge < -0.3 is 4.74 Å². The van der Waals surface area contributed by atoms with Crippen molar-refractivity contribution in [3.63, 3.8) is 0 Å². The molecule has 0 aromatic carbocycles. The van der Waals surface area contributed by atoms with Gasteiger partial charge in [0, 0.05) is 6.92 Å². The van der Waals surface area contributed by atoms with Gasteiger partial charge in [-0.15, -0.1) is 11.8 Å². The molecule has 0 fully saturated rings. The van der Waals surface area contributed by atoms with Crippen LogP contribution in [0, 0.1) is 0 Å². The molecular formula is C10H18O2S. The van der Waals surface area contributed by atoms with Crippen LogP contribution in [0.4, 0.5) is 0 Å². The predicted molar refractivity (Wildman–Crippen MR) is 57.8 cm³/mol. The molecule has 0 saturated heterocycles. The molecule has 0 unspecified atom stereocenters. The quantitative estimate of drug-likeness (QED) is 0.469. The van der Waals surface area contributed by atoms with Crippen LogP contribution in [0.1, 0.15) is 33.1 Å². The lowest BCUT2D eigenvalue weighted by molar-refractivity contribution is -0.139. The van der Waals surface area contributed by atoms with E-state index in [1.54, 1.807) is 11.8 Å². The van der Waals surface area contributed by atoms with Gasteiger partial charge in [0.1, 0.15) is 6.61 Å². The maximum absolute atomic E-state index is 10.4. The lowest BCUT2D eigenvalue weighted by atomic mass is 10.3. The average molecular weight is 202 g/mol. The standard InChI is InChI=1S/C10H18O2S/c1-3-4-5-8-13-9-6-7-12-10(2)11/h6,9H,3-5,7-8H2,1-2H3. The highest BCUT2D eigenvalue weighted by Gasteiger charge is 1.87. The molecule has 0 aromatic heterocycles. The Labute approximate surface area is 84.7 Å². The number of hydrogen-bond donors (Lipinski definition) is 0. The zero-order valence-electron chi connectivity index (χ0n) is 8.41. The Morgan fingerprint density at radius 3 is 2.85 bits per heavy atom. The molecule has 76 valence electrons. The van der Waals surface area contributed by atoms with E-state index < -0.39 is 0 Å². The van der Waals surface area contributed by atoms with Gasteiger partial charge in [-0.3, -0.25) is 4.79 Å². The second-order valence-corrected chi connectivity index (χ2v) is 3.77. The van der Waals surface area contributed by atoms with Crippen LogP contribution in [0.2, 0.25) is 0 Å². The molecule has 0 atom stereocenters. The SMILES string of the molecule is CCCCCSC=CCOC(C)=O. The molecule has 0 aliphatic heterocycles. The summed E-state index contributed by atoms with van der Waals surface area (Å²) in [4.78, 5) is 10.4. The number of thioether (sulfide) groups is 1. The fourth-order valence-corrected chi connectivity index (χ4v) is 1.50. The summed E-state index contributed by atoms with van der Waals surface area (Å²) in [6.07, 6.45) is 5.69. The third-order valence-corrected chi connectivity index (χ3v) is 2.35. The van der Waals surface area contributed by atoms with Gasteiger partial charge in [0.05, 0.1) is 0 Å². The van der Waals surface area contributed by atoms with Crippen molar-refractivity contribution in [3.8, 4) is 0 Å². The average Bonchev–Trinajstić information content (AvgIpc) is 2.09. The van der Waals surface area contributed by atoms with E-state index in [-0.39, 0.29) is 5.97 Å². The number of carbonyl (C=O) groups is 1. The van der Waals surface area contributed by atoms with Crippen LogP contribution in [-0.4, -0.2) is 18.3 Å². The summed E-state index contributed by atoms with van der Waals surface area (Å²) < 4.78 is 4.73. The normalized spacial score (nSPS) is 10.6. The molecule has 0 bridgehead atoms. The Balaban J connectivity index is 3.08. The van der Waals surface area contributed by atoms with E-state index in [0.717, 1.165) is 5.75 Å². The van der Waals surface area contributed by atoms with E-state index in [2.05, 4.69) is 6.92 Å². The molecule has 0 amide bonds. The maximum Gasteiger partial charge on any atom is 0.302 e. The summed E-state index contributed by atoms with van der Waals surface area (Å²) in [7, 11) is 0. The van der Waals surface area contributed by atoms with Crippen LogP contribution in [0.5, 0.6) is 0 Å². The molecule has 13 heavy (non-hydrogen) atoms. The molecule has 2 nitrogen and oxygen atoms in total. The smallest absolute Gasteiger partial charge is 0.302 e. The van der Waals surface area contributed by atoms with Crippen LogP contribution in [0.25, 0.3) is 0 Å². The Hall–Kier alpha value is -0.440. The van der Waals surface area contributed by atoms with E-state index in [4.69, 9.17) is 4.74 Å². The monoisotopic (exact) mass is 202 g/mol. The number of ether oxygens (including phenoxy) is 1. The number of hydrogen-bond acceptors (Lipinski definition) is 3. The van der Waals surface area contributed by atoms with Crippen LogP contribution in [0.15, 0.2) is 11.5 Å². The zero-order chi connectivity index (χ0) is 9.94. The molecule has 0 saturated carbocycles. The largest absolute Gasteiger partial charge is 0.462 e. The van der Waals surface area contributed by atoms with Gasteiger partial charge in [-0.2, -0.15) is 0 Å². The van der Waals surface area contributed by atoms with Gasteiger partial charge in [-0.05, 0) is 23.7 Å². The number of carbonyl (C=O) groups excluding carboxylic acids is 1. The van der Waals surface area contributed by atoms with Crippen molar-refractivity contribution in [2.45, 2.75) is 33.1 Å².